The van der Waals surface area contributed by atoms with Crippen molar-refractivity contribution in [1.29, 1.82) is 0 Å². The van der Waals surface area contributed by atoms with Crippen LogP contribution in [0, 0.1) is 0 Å². The van der Waals surface area contributed by atoms with Crippen molar-refractivity contribution < 1.29 is 18.5 Å². The van der Waals surface area contributed by atoms with Crippen LogP contribution in [0.2, 0.25) is 0 Å². The van der Waals surface area contributed by atoms with Crippen LogP contribution >= 0.6 is 0 Å². The predicted molar refractivity (Wildman–Crippen MR) is 94.2 cm³/mol. The van der Waals surface area contributed by atoms with Crippen molar-refractivity contribution in [2.45, 2.75) is 13.3 Å². The summed E-state index contributed by atoms with van der Waals surface area (Å²) in [7, 11) is 0. The van der Waals surface area contributed by atoms with Crippen molar-refractivity contribution in [3.8, 4) is 11.5 Å². The first-order valence-electron chi connectivity index (χ1n) is 8.58. The van der Waals surface area contributed by atoms with Gasteiger partial charge in [-0.05, 0) is 12.1 Å². The van der Waals surface area contributed by atoms with Crippen LogP contribution in [0.25, 0.3) is 22.5 Å². The highest BCUT2D eigenvalue weighted by molar-refractivity contribution is 5.82. The van der Waals surface area contributed by atoms with Crippen molar-refractivity contribution in [2.24, 2.45) is 0 Å². The zero-order valence-corrected chi connectivity index (χ0v) is 14.5. The van der Waals surface area contributed by atoms with Gasteiger partial charge < -0.3 is 18.7 Å². The van der Waals surface area contributed by atoms with Crippen LogP contribution < -0.4 is 0 Å². The Kier molecular flexibility index (Phi) is 4.20. The molecule has 1 saturated heterocycles. The van der Waals surface area contributed by atoms with E-state index in [4.69, 9.17) is 8.94 Å². The normalized spacial score (nSPS) is 14.8. The number of benzene rings is 1. The minimum Gasteiger partial charge on any atom is -0.453 e. The second-order valence-electron chi connectivity index (χ2n) is 6.39. The maximum Gasteiger partial charge on any atom is 0.228 e. The molecular formula is C19H19N3O4. The molecule has 0 bridgehead atoms. The first-order chi connectivity index (χ1) is 12.6. The summed E-state index contributed by atoms with van der Waals surface area (Å²) >= 11 is 0. The number of carbonyl (C=O) groups is 2. The summed E-state index contributed by atoms with van der Waals surface area (Å²) in [6, 6.07) is 11.3. The monoisotopic (exact) mass is 353 g/mol. The van der Waals surface area contributed by atoms with Crippen molar-refractivity contribution in [3.05, 3.63) is 42.1 Å². The van der Waals surface area contributed by atoms with E-state index in [1.165, 1.54) is 0 Å². The maximum atomic E-state index is 12.4. The molecule has 134 valence electrons. The topological polar surface area (TPSA) is 79.8 Å². The Morgan fingerprint density at radius 3 is 2.50 bits per heavy atom. The average Bonchev–Trinajstić information content (AvgIpc) is 3.28. The minimum absolute atomic E-state index is 0.0161. The zero-order valence-electron chi connectivity index (χ0n) is 14.5. The van der Waals surface area contributed by atoms with Crippen LogP contribution in [0.15, 0.2) is 45.3 Å². The molecule has 1 fully saturated rings. The smallest absolute Gasteiger partial charge is 0.228 e. The van der Waals surface area contributed by atoms with Gasteiger partial charge in [0.2, 0.25) is 17.6 Å². The molecule has 2 amide bonds. The van der Waals surface area contributed by atoms with E-state index in [1.54, 1.807) is 22.8 Å². The molecule has 26 heavy (non-hydrogen) atoms. The van der Waals surface area contributed by atoms with Gasteiger partial charge in [-0.2, -0.15) is 0 Å². The maximum absolute atomic E-state index is 12.4. The Balaban J connectivity index is 1.42. The minimum atomic E-state index is -0.0161. The number of piperazine rings is 1. The highest BCUT2D eigenvalue weighted by atomic mass is 16.5. The van der Waals surface area contributed by atoms with Gasteiger partial charge in [-0.1, -0.05) is 23.4 Å². The summed E-state index contributed by atoms with van der Waals surface area (Å²) in [6.45, 7) is 3.79. The van der Waals surface area contributed by atoms with Crippen LogP contribution in [0.3, 0.4) is 0 Å². The van der Waals surface area contributed by atoms with E-state index in [-0.39, 0.29) is 18.2 Å². The first kappa shape index (κ1) is 16.4. The second kappa shape index (κ2) is 6.67. The number of amides is 2. The third-order valence-corrected chi connectivity index (χ3v) is 4.64. The Hall–Kier alpha value is -3.09. The lowest BCUT2D eigenvalue weighted by Gasteiger charge is -2.34. The number of hydrogen-bond donors (Lipinski definition) is 0. The van der Waals surface area contributed by atoms with Crippen molar-refractivity contribution in [3.63, 3.8) is 0 Å². The van der Waals surface area contributed by atoms with E-state index in [0.29, 0.717) is 43.4 Å². The largest absolute Gasteiger partial charge is 0.453 e. The molecule has 1 aliphatic rings. The van der Waals surface area contributed by atoms with Gasteiger partial charge in [0.05, 0.1) is 12.1 Å². The summed E-state index contributed by atoms with van der Waals surface area (Å²) in [4.78, 5) is 27.3. The lowest BCUT2D eigenvalue weighted by atomic mass is 10.2. The van der Waals surface area contributed by atoms with E-state index in [2.05, 4.69) is 5.16 Å². The van der Waals surface area contributed by atoms with Gasteiger partial charge in [0.1, 0.15) is 5.58 Å². The molecule has 0 aliphatic carbocycles. The highest BCUT2D eigenvalue weighted by Gasteiger charge is 2.23. The van der Waals surface area contributed by atoms with Crippen LogP contribution in [0.5, 0.6) is 0 Å². The summed E-state index contributed by atoms with van der Waals surface area (Å²) in [5.74, 6) is 1.12. The Bertz CT molecular complexity index is 918. The molecule has 0 saturated carbocycles. The molecule has 7 heteroatoms. The quantitative estimate of drug-likeness (QED) is 0.722. The number of aromatic nitrogens is 1. The fourth-order valence-corrected chi connectivity index (χ4v) is 3.15. The molecule has 0 unspecified atom stereocenters. The zero-order chi connectivity index (χ0) is 18.1. The van der Waals surface area contributed by atoms with Crippen LogP contribution in [-0.2, 0) is 16.0 Å². The third-order valence-electron chi connectivity index (χ3n) is 4.64. The third kappa shape index (κ3) is 3.20. The summed E-state index contributed by atoms with van der Waals surface area (Å²) in [5, 5.41) is 4.98. The van der Waals surface area contributed by atoms with E-state index in [0.717, 1.165) is 11.0 Å². The Morgan fingerprint density at radius 2 is 1.77 bits per heavy atom. The predicted octanol–water partition coefficient (Wildman–Crippen LogP) is 2.32. The SMILES string of the molecule is CC(=O)N1CCN(C(=O)Cc2cc(-c3cc4ccccc4o3)on2)CC1. The number of furan rings is 1. The number of hydrogen-bond acceptors (Lipinski definition) is 5. The summed E-state index contributed by atoms with van der Waals surface area (Å²) < 4.78 is 11.1. The molecule has 4 rings (SSSR count). The average molecular weight is 353 g/mol. The lowest BCUT2D eigenvalue weighted by Crippen LogP contribution is -2.50. The molecule has 0 atom stereocenters. The first-order valence-corrected chi connectivity index (χ1v) is 8.58. The highest BCUT2D eigenvalue weighted by Crippen LogP contribution is 2.28. The molecular weight excluding hydrogens is 334 g/mol. The Labute approximate surface area is 150 Å². The van der Waals surface area contributed by atoms with Gasteiger partial charge in [-0.15, -0.1) is 0 Å². The molecule has 0 N–H and O–H groups in total. The second-order valence-corrected chi connectivity index (χ2v) is 6.39. The number of para-hydroxylation sites is 1. The number of fused-ring (bicyclic) bond motifs is 1. The molecule has 0 spiro atoms. The molecule has 3 heterocycles. The van der Waals surface area contributed by atoms with E-state index >= 15 is 0 Å². The van der Waals surface area contributed by atoms with Gasteiger partial charge >= 0.3 is 0 Å². The fourth-order valence-electron chi connectivity index (χ4n) is 3.15. The van der Waals surface area contributed by atoms with Gasteiger partial charge in [0, 0.05) is 44.6 Å². The van der Waals surface area contributed by atoms with Crippen LogP contribution in [0.4, 0.5) is 0 Å². The summed E-state index contributed by atoms with van der Waals surface area (Å²) in [6.07, 6.45) is 0.170. The van der Waals surface area contributed by atoms with Gasteiger partial charge in [0.25, 0.3) is 0 Å². The molecule has 2 aromatic heterocycles. The van der Waals surface area contributed by atoms with Crippen LogP contribution in [0.1, 0.15) is 12.6 Å². The van der Waals surface area contributed by atoms with E-state index in [1.807, 2.05) is 30.3 Å². The van der Waals surface area contributed by atoms with Crippen molar-refractivity contribution >= 4 is 22.8 Å². The summed E-state index contributed by atoms with van der Waals surface area (Å²) in [5.41, 5.74) is 1.35. The van der Waals surface area contributed by atoms with Gasteiger partial charge in [-0.3, -0.25) is 9.59 Å². The molecule has 1 aliphatic heterocycles. The molecule has 1 aromatic carbocycles. The van der Waals surface area contributed by atoms with Crippen molar-refractivity contribution in [2.75, 3.05) is 26.2 Å². The molecule has 3 aromatic rings. The molecule has 0 radical (unpaired) electrons. The number of rotatable bonds is 3. The van der Waals surface area contributed by atoms with Crippen LogP contribution in [-0.4, -0.2) is 52.9 Å². The van der Waals surface area contributed by atoms with E-state index in [9.17, 15) is 9.59 Å². The Morgan fingerprint density at radius 1 is 1.04 bits per heavy atom. The fraction of sp³-hybridized carbons (Fsp3) is 0.316. The van der Waals surface area contributed by atoms with Gasteiger partial charge in [-0.25, -0.2) is 0 Å². The van der Waals surface area contributed by atoms with Crippen molar-refractivity contribution in [1.82, 2.24) is 15.0 Å². The van der Waals surface area contributed by atoms with E-state index < -0.39 is 0 Å². The standard InChI is InChI=1S/C19H19N3O4/c1-13(23)21-6-8-22(9-7-21)19(24)12-15-11-18(26-20-15)17-10-14-4-2-3-5-16(14)25-17/h2-5,10-11H,6-9,12H2,1H3. The molecule has 7 nitrogen and oxygen atoms in total. The lowest BCUT2D eigenvalue weighted by molar-refractivity contribution is -0.138. The number of nitrogens with zero attached hydrogens (tertiary/aromatic N) is 3. The number of carbonyl (C=O) groups excluding carboxylic acids is 2. The van der Waals surface area contributed by atoms with Gasteiger partial charge in [0.15, 0.2) is 5.76 Å².